The van der Waals surface area contributed by atoms with E-state index < -0.39 is 14.3 Å². The molecule has 4 unspecified atom stereocenters. The van der Waals surface area contributed by atoms with Crippen molar-refractivity contribution in [3.63, 3.8) is 0 Å². The van der Waals surface area contributed by atoms with Gasteiger partial charge >= 0.3 is 5.97 Å². The normalized spacial score (nSPS) is 30.0. The third-order valence-corrected chi connectivity index (χ3v) is 15.0. The molecular formula is C34H52O5Si. The highest BCUT2D eigenvalue weighted by molar-refractivity contribution is 6.74. The summed E-state index contributed by atoms with van der Waals surface area (Å²) in [5.74, 6) is 2.02. The van der Waals surface area contributed by atoms with Crippen LogP contribution in [0.15, 0.2) is 24.3 Å². The maximum Gasteiger partial charge on any atom is 0.303 e. The molecule has 3 aliphatic carbocycles. The van der Waals surface area contributed by atoms with Crippen LogP contribution in [-0.4, -0.2) is 45.0 Å². The second-order valence-electron chi connectivity index (χ2n) is 14.3. The molecule has 5 nitrogen and oxygen atoms in total. The van der Waals surface area contributed by atoms with Gasteiger partial charge in [0.2, 0.25) is 0 Å². The van der Waals surface area contributed by atoms with Crippen LogP contribution in [0.4, 0.5) is 0 Å². The van der Waals surface area contributed by atoms with Crippen LogP contribution in [0.25, 0.3) is 6.08 Å². The zero-order valence-corrected chi connectivity index (χ0v) is 26.3. The Hall–Kier alpha value is -1.47. The smallest absolute Gasteiger partial charge is 0.303 e. The Bertz CT molecular complexity index is 1030. The lowest BCUT2D eigenvalue weighted by molar-refractivity contribution is -0.187. The molecular weight excluding hydrogens is 516 g/mol. The molecule has 3 fully saturated rings. The van der Waals surface area contributed by atoms with E-state index in [1.807, 2.05) is 0 Å². The largest absolute Gasteiger partial charge is 0.481 e. The van der Waals surface area contributed by atoms with E-state index >= 15 is 0 Å². The van der Waals surface area contributed by atoms with Crippen molar-refractivity contribution in [1.82, 2.24) is 0 Å². The molecule has 2 saturated carbocycles. The minimum atomic E-state index is -1.95. The summed E-state index contributed by atoms with van der Waals surface area (Å²) in [6.07, 6.45) is 17.5. The number of aliphatic carboxylic acids is 1. The molecule has 0 spiro atoms. The maximum absolute atomic E-state index is 10.9. The number of allylic oxidation sites excluding steroid dienone is 1. The zero-order chi connectivity index (χ0) is 28.3. The van der Waals surface area contributed by atoms with Crippen LogP contribution in [-0.2, 0) is 25.1 Å². The molecule has 1 aromatic rings. The fraction of sp³-hybridized carbons (Fsp3) is 0.735. The molecule has 4 atom stereocenters. The number of rotatable bonds is 13. The van der Waals surface area contributed by atoms with Crippen molar-refractivity contribution in [2.45, 2.75) is 127 Å². The quantitative estimate of drug-likeness (QED) is 0.191. The average Bonchev–Trinajstić information content (AvgIpc) is 3.59. The summed E-state index contributed by atoms with van der Waals surface area (Å²) in [6, 6.07) is 6.99. The van der Waals surface area contributed by atoms with Crippen molar-refractivity contribution in [1.29, 1.82) is 0 Å². The second-order valence-corrected chi connectivity index (χ2v) is 19.0. The third kappa shape index (κ3) is 7.29. The summed E-state index contributed by atoms with van der Waals surface area (Å²) in [7, 11) is -1.95. The summed E-state index contributed by atoms with van der Waals surface area (Å²) in [5, 5.41) is 9.06. The average molecular weight is 569 g/mol. The first-order chi connectivity index (χ1) is 19.1. The van der Waals surface area contributed by atoms with E-state index in [0.717, 1.165) is 57.2 Å². The third-order valence-electron chi connectivity index (χ3n) is 10.7. The minimum Gasteiger partial charge on any atom is -0.481 e. The number of ether oxygens (including phenoxy) is 2. The Balaban J connectivity index is 1.09. The van der Waals surface area contributed by atoms with E-state index in [1.165, 1.54) is 55.2 Å². The van der Waals surface area contributed by atoms with Gasteiger partial charge in [0.05, 0.1) is 6.10 Å². The Morgan fingerprint density at radius 1 is 1.10 bits per heavy atom. The van der Waals surface area contributed by atoms with Crippen LogP contribution in [0.3, 0.4) is 0 Å². The van der Waals surface area contributed by atoms with Crippen LogP contribution in [0.1, 0.15) is 107 Å². The molecule has 40 heavy (non-hydrogen) atoms. The molecule has 0 amide bonds. The molecule has 4 aliphatic rings. The van der Waals surface area contributed by atoms with Gasteiger partial charge in [-0.1, -0.05) is 50.6 Å². The minimum absolute atomic E-state index is 0.0439. The van der Waals surface area contributed by atoms with Gasteiger partial charge in [-0.05, 0) is 117 Å². The SMILES string of the molecule is CC(C)(Cc1ccc2c(c1)C(CCCCC(=O)O)C=C2)[Si](C)(C)OCC1CC2CC(OC3CCCCO3)CC2C1. The van der Waals surface area contributed by atoms with Crippen LogP contribution < -0.4 is 0 Å². The summed E-state index contributed by atoms with van der Waals surface area (Å²) in [5.41, 5.74) is 4.14. The predicted octanol–water partition coefficient (Wildman–Crippen LogP) is 8.33. The van der Waals surface area contributed by atoms with Gasteiger partial charge in [-0.25, -0.2) is 0 Å². The molecule has 5 rings (SSSR count). The Morgan fingerprint density at radius 3 is 2.58 bits per heavy atom. The van der Waals surface area contributed by atoms with Gasteiger partial charge in [0, 0.05) is 25.6 Å². The molecule has 222 valence electrons. The predicted molar refractivity (Wildman–Crippen MR) is 163 cm³/mol. The molecule has 0 bridgehead atoms. The molecule has 6 heteroatoms. The highest BCUT2D eigenvalue weighted by atomic mass is 28.4. The van der Waals surface area contributed by atoms with Crippen molar-refractivity contribution in [3.8, 4) is 0 Å². The van der Waals surface area contributed by atoms with Gasteiger partial charge in [-0.15, -0.1) is 0 Å². The number of carbonyl (C=O) groups is 1. The lowest BCUT2D eigenvalue weighted by Crippen LogP contribution is -2.44. The van der Waals surface area contributed by atoms with Crippen LogP contribution in [0.2, 0.25) is 18.1 Å². The molecule has 1 heterocycles. The highest BCUT2D eigenvalue weighted by Crippen LogP contribution is 2.49. The molecule has 1 N–H and O–H groups in total. The summed E-state index contributed by atoms with van der Waals surface area (Å²) in [6.45, 7) is 11.4. The van der Waals surface area contributed by atoms with E-state index in [0.29, 0.717) is 17.9 Å². The number of benzene rings is 1. The van der Waals surface area contributed by atoms with Crippen LogP contribution >= 0.6 is 0 Å². The number of hydrogen-bond acceptors (Lipinski definition) is 4. The van der Waals surface area contributed by atoms with E-state index in [4.69, 9.17) is 19.0 Å². The summed E-state index contributed by atoms with van der Waals surface area (Å²) in [4.78, 5) is 10.9. The standard InChI is InChI=1S/C34H52O5Si/c1-34(2,22-24-12-13-27-15-14-26(31(27)19-24)9-5-6-10-32(35)36)40(3,4)38-23-25-17-28-20-30(21-29(28)18-25)39-33-11-7-8-16-37-33/h12-15,19,25-26,28-30,33H,5-11,16-18,20-23H2,1-4H3,(H,35,36). The van der Waals surface area contributed by atoms with E-state index in [-0.39, 0.29) is 17.7 Å². The number of carboxylic acid groups (broad SMARTS) is 1. The molecule has 1 aromatic carbocycles. The van der Waals surface area contributed by atoms with Gasteiger partial charge < -0.3 is 19.0 Å². The van der Waals surface area contributed by atoms with Crippen molar-refractivity contribution in [2.75, 3.05) is 13.2 Å². The van der Waals surface area contributed by atoms with Gasteiger partial charge in [0.1, 0.15) is 0 Å². The lowest BCUT2D eigenvalue weighted by Gasteiger charge is -2.40. The van der Waals surface area contributed by atoms with Crippen molar-refractivity contribution >= 4 is 20.4 Å². The second kappa shape index (κ2) is 12.8. The zero-order valence-electron chi connectivity index (χ0n) is 25.3. The van der Waals surface area contributed by atoms with Crippen molar-refractivity contribution < 1.29 is 23.8 Å². The number of fused-ring (bicyclic) bond motifs is 2. The number of hydrogen-bond donors (Lipinski definition) is 1. The lowest BCUT2D eigenvalue weighted by atomic mass is 9.91. The number of carboxylic acids is 1. The Labute approximate surface area is 243 Å². The highest BCUT2D eigenvalue weighted by Gasteiger charge is 2.45. The van der Waals surface area contributed by atoms with Gasteiger partial charge in [0.15, 0.2) is 14.6 Å². The number of unbranched alkanes of at least 4 members (excludes halogenated alkanes) is 1. The molecule has 0 radical (unpaired) electrons. The first kappa shape index (κ1) is 30.0. The fourth-order valence-electron chi connectivity index (χ4n) is 7.63. The topological polar surface area (TPSA) is 65.0 Å². The van der Waals surface area contributed by atoms with E-state index in [1.54, 1.807) is 0 Å². The Kier molecular flexibility index (Phi) is 9.60. The monoisotopic (exact) mass is 568 g/mol. The van der Waals surface area contributed by atoms with Crippen LogP contribution in [0, 0.1) is 17.8 Å². The van der Waals surface area contributed by atoms with Gasteiger partial charge in [-0.2, -0.15) is 0 Å². The summed E-state index contributed by atoms with van der Waals surface area (Å²) >= 11 is 0. The van der Waals surface area contributed by atoms with Crippen molar-refractivity contribution in [3.05, 3.63) is 41.0 Å². The van der Waals surface area contributed by atoms with Gasteiger partial charge in [-0.3, -0.25) is 4.79 Å². The molecule has 0 aromatic heterocycles. The van der Waals surface area contributed by atoms with Gasteiger partial charge in [0.25, 0.3) is 0 Å². The van der Waals surface area contributed by atoms with Crippen molar-refractivity contribution in [2.24, 2.45) is 17.8 Å². The first-order valence-electron chi connectivity index (χ1n) is 16.0. The maximum atomic E-state index is 10.9. The summed E-state index contributed by atoms with van der Waals surface area (Å²) < 4.78 is 19.1. The molecule has 1 aliphatic heterocycles. The van der Waals surface area contributed by atoms with Crippen LogP contribution in [0.5, 0.6) is 0 Å². The van der Waals surface area contributed by atoms with E-state index in [9.17, 15) is 4.79 Å². The van der Waals surface area contributed by atoms with E-state index in [2.05, 4.69) is 57.3 Å². The Morgan fingerprint density at radius 2 is 1.88 bits per heavy atom. The first-order valence-corrected chi connectivity index (χ1v) is 18.9. The fourth-order valence-corrected chi connectivity index (χ4v) is 9.31. The molecule has 1 saturated heterocycles.